The molecule has 3 aromatic heterocycles. The van der Waals surface area contributed by atoms with Crippen LogP contribution < -0.4 is 22.1 Å². The summed E-state index contributed by atoms with van der Waals surface area (Å²) in [7, 11) is 0. The van der Waals surface area contributed by atoms with E-state index < -0.39 is 11.6 Å². The van der Waals surface area contributed by atoms with Crippen LogP contribution in [0.1, 0.15) is 5.82 Å². The molecule has 0 radical (unpaired) electrons. The van der Waals surface area contributed by atoms with E-state index in [2.05, 4.69) is 36.0 Å². The number of hydrogen-bond donors (Lipinski definition) is 5. The van der Waals surface area contributed by atoms with E-state index in [0.29, 0.717) is 44.4 Å². The van der Waals surface area contributed by atoms with Crippen molar-refractivity contribution in [3.05, 3.63) is 68.8 Å². The summed E-state index contributed by atoms with van der Waals surface area (Å²) < 4.78 is 1.65. The van der Waals surface area contributed by atoms with Gasteiger partial charge in [-0.1, -0.05) is 29.3 Å². The van der Waals surface area contributed by atoms with E-state index in [4.69, 9.17) is 34.3 Å². The summed E-state index contributed by atoms with van der Waals surface area (Å²) >= 11 is 12.3. The van der Waals surface area contributed by atoms with Gasteiger partial charge in [-0.15, -0.1) is 0 Å². The van der Waals surface area contributed by atoms with Crippen LogP contribution in [0, 0.1) is 12.3 Å². The fraction of sp³-hybridized carbons (Fsp3) is 0.0500. The van der Waals surface area contributed by atoms with E-state index in [0.717, 1.165) is 0 Å². The largest absolute Gasteiger partial charge is 0.364 e. The molecule has 34 heavy (non-hydrogen) atoms. The molecule has 12 nitrogen and oxygen atoms in total. The van der Waals surface area contributed by atoms with Gasteiger partial charge in [0.2, 0.25) is 0 Å². The fourth-order valence-corrected chi connectivity index (χ4v) is 3.49. The van der Waals surface area contributed by atoms with Gasteiger partial charge in [0.1, 0.15) is 17.2 Å². The Morgan fingerprint density at radius 3 is 2.62 bits per heavy atom. The van der Waals surface area contributed by atoms with Gasteiger partial charge in [-0.2, -0.15) is 10.1 Å². The number of primary amides is 1. The number of amidine groups is 1. The van der Waals surface area contributed by atoms with Crippen molar-refractivity contribution in [3.8, 4) is 11.5 Å². The van der Waals surface area contributed by atoms with Crippen molar-refractivity contribution in [3.63, 3.8) is 0 Å². The molecule has 0 bridgehead atoms. The highest BCUT2D eigenvalue weighted by Crippen LogP contribution is 2.29. The van der Waals surface area contributed by atoms with Gasteiger partial charge >= 0.3 is 0 Å². The highest BCUT2D eigenvalue weighted by molar-refractivity contribution is 6.65. The smallest absolute Gasteiger partial charge is 0.275 e. The van der Waals surface area contributed by atoms with Gasteiger partial charge in [0.25, 0.3) is 11.5 Å². The second kappa shape index (κ2) is 9.29. The number of fused-ring (bicyclic) bond motifs is 1. The molecule has 0 aliphatic heterocycles. The molecule has 0 atom stereocenters. The summed E-state index contributed by atoms with van der Waals surface area (Å²) in [6.07, 6.45) is 1.42. The Hall–Kier alpha value is -4.29. The maximum atomic E-state index is 11.6. The van der Waals surface area contributed by atoms with Crippen molar-refractivity contribution in [1.82, 2.24) is 30.0 Å². The van der Waals surface area contributed by atoms with E-state index in [-0.39, 0.29) is 11.4 Å². The van der Waals surface area contributed by atoms with Crippen molar-refractivity contribution < 1.29 is 4.79 Å². The number of aliphatic imine (C=N–C) groups is 1. The van der Waals surface area contributed by atoms with Crippen LogP contribution >= 0.6 is 23.2 Å². The zero-order valence-corrected chi connectivity index (χ0v) is 18.9. The molecule has 4 rings (SSSR count). The first-order valence-electron chi connectivity index (χ1n) is 9.59. The Kier molecular flexibility index (Phi) is 6.25. The molecule has 0 spiro atoms. The predicted molar refractivity (Wildman–Crippen MR) is 129 cm³/mol. The Morgan fingerprint density at radius 1 is 1.24 bits per heavy atom. The predicted octanol–water partition coefficient (Wildman–Crippen LogP) is 2.25. The van der Waals surface area contributed by atoms with E-state index in [9.17, 15) is 9.59 Å². The van der Waals surface area contributed by atoms with Crippen LogP contribution in [0.3, 0.4) is 0 Å². The number of pyridine rings is 1. The Morgan fingerprint density at radius 2 is 1.97 bits per heavy atom. The van der Waals surface area contributed by atoms with Gasteiger partial charge in [-0.3, -0.25) is 40.3 Å². The zero-order valence-electron chi connectivity index (χ0n) is 17.4. The molecule has 1 amide bonds. The van der Waals surface area contributed by atoms with Crippen LogP contribution in [-0.2, 0) is 4.79 Å². The second-order valence-corrected chi connectivity index (χ2v) is 7.67. The molecular formula is C20H16Cl2N10O2. The molecule has 0 aliphatic carbocycles. The molecule has 0 saturated carbocycles. The summed E-state index contributed by atoms with van der Waals surface area (Å²) in [5.74, 6) is -0.293. The molecule has 0 fully saturated rings. The maximum Gasteiger partial charge on any atom is 0.275 e. The van der Waals surface area contributed by atoms with E-state index in [1.165, 1.54) is 12.3 Å². The first kappa shape index (κ1) is 22.9. The third-order valence-electron chi connectivity index (χ3n) is 4.55. The molecule has 172 valence electrons. The van der Waals surface area contributed by atoms with Gasteiger partial charge in [-0.25, -0.2) is 4.99 Å². The number of aryl methyl sites for hydroxylation is 1. The van der Waals surface area contributed by atoms with Crippen molar-refractivity contribution in [2.24, 2.45) is 10.7 Å². The molecule has 0 saturated heterocycles. The lowest BCUT2D eigenvalue weighted by Crippen LogP contribution is -2.41. The van der Waals surface area contributed by atoms with Crippen LogP contribution in [0.5, 0.6) is 0 Å². The van der Waals surface area contributed by atoms with Gasteiger partial charge < -0.3 is 5.73 Å². The van der Waals surface area contributed by atoms with E-state index >= 15 is 0 Å². The molecule has 0 unspecified atom stereocenters. The normalized spacial score (nSPS) is 11.4. The number of rotatable bonds is 6. The monoisotopic (exact) mass is 498 g/mol. The number of aromatic nitrogens is 5. The molecule has 0 aliphatic rings. The van der Waals surface area contributed by atoms with Crippen molar-refractivity contribution in [2.75, 3.05) is 5.43 Å². The number of amides is 1. The lowest BCUT2D eigenvalue weighted by molar-refractivity contribution is -0.111. The number of H-pyrrole nitrogens is 1. The number of nitrogens with two attached hydrogens (primary N) is 1. The highest BCUT2D eigenvalue weighted by Gasteiger charge is 2.16. The van der Waals surface area contributed by atoms with Crippen LogP contribution in [-0.4, -0.2) is 42.0 Å². The summed E-state index contributed by atoms with van der Waals surface area (Å²) in [4.78, 5) is 35.7. The summed E-state index contributed by atoms with van der Waals surface area (Å²) in [6, 6.07) is 9.46. The van der Waals surface area contributed by atoms with Crippen LogP contribution in [0.25, 0.3) is 17.2 Å². The number of hydrazine groups is 1. The Bertz CT molecular complexity index is 1490. The maximum absolute atomic E-state index is 11.6. The number of aromatic amines is 1. The SMILES string of the molecule is Cc1nc(=O)cc2[nH]nc(-c3ccc(N=C(NNc4c(Cl)cccc4Cl)C(=N)C(N)=O)cn3)n12. The Balaban J connectivity index is 1.64. The minimum atomic E-state index is -0.997. The molecular weight excluding hydrogens is 483 g/mol. The minimum Gasteiger partial charge on any atom is -0.364 e. The number of carbonyl (C=O) groups excluding carboxylic acids is 1. The second-order valence-electron chi connectivity index (χ2n) is 6.86. The van der Waals surface area contributed by atoms with Gasteiger partial charge in [0.15, 0.2) is 17.4 Å². The Labute approximate surface area is 201 Å². The van der Waals surface area contributed by atoms with Crippen LogP contribution in [0.15, 0.2) is 52.4 Å². The first-order valence-corrected chi connectivity index (χ1v) is 10.3. The molecule has 1 aromatic carbocycles. The number of nitrogens with zero attached hydrogens (tertiary/aromatic N) is 5. The van der Waals surface area contributed by atoms with Crippen molar-refractivity contribution in [2.45, 2.75) is 6.92 Å². The number of hydrogen-bond acceptors (Lipinski definition) is 8. The third-order valence-corrected chi connectivity index (χ3v) is 5.18. The quantitative estimate of drug-likeness (QED) is 0.153. The third kappa shape index (κ3) is 4.58. The summed E-state index contributed by atoms with van der Waals surface area (Å²) in [6.45, 7) is 1.68. The molecule has 3 heterocycles. The zero-order chi connectivity index (χ0) is 24.4. The average Bonchev–Trinajstić information content (AvgIpc) is 3.22. The van der Waals surface area contributed by atoms with E-state index in [1.54, 1.807) is 41.7 Å². The lowest BCUT2D eigenvalue weighted by Gasteiger charge is -2.14. The number of halogens is 2. The van der Waals surface area contributed by atoms with Crippen LogP contribution in [0.2, 0.25) is 10.0 Å². The minimum absolute atomic E-state index is 0.180. The van der Waals surface area contributed by atoms with Crippen molar-refractivity contribution >= 4 is 57.7 Å². The van der Waals surface area contributed by atoms with E-state index in [1.807, 2.05) is 0 Å². The number of anilines is 1. The number of nitrogens with one attached hydrogen (secondary N) is 4. The lowest BCUT2D eigenvalue weighted by atomic mass is 10.3. The van der Waals surface area contributed by atoms with Gasteiger partial charge in [0, 0.05) is 6.07 Å². The number of para-hydroxylation sites is 1. The molecule has 6 N–H and O–H groups in total. The average molecular weight is 499 g/mol. The van der Waals surface area contributed by atoms with Crippen LogP contribution in [0.4, 0.5) is 11.4 Å². The number of benzene rings is 1. The standard InChI is InChI=1S/C20H16Cl2N10O2/c1-9-26-15(33)7-14-28-31-20(32(9)14)13-6-5-10(8-25-13)27-19(16(23)18(24)34)30-29-17-11(21)3-2-4-12(17)22/h2-8,23,28-29H,1H3,(H2,24,34)(H,27,30). The van der Waals surface area contributed by atoms with Gasteiger partial charge in [-0.05, 0) is 31.2 Å². The number of carbonyl (C=O) groups is 1. The fourth-order valence-electron chi connectivity index (χ4n) is 2.99. The van der Waals surface area contributed by atoms with Gasteiger partial charge in [0.05, 0.1) is 27.6 Å². The highest BCUT2D eigenvalue weighted by atomic mass is 35.5. The molecule has 4 aromatic rings. The van der Waals surface area contributed by atoms with Crippen molar-refractivity contribution in [1.29, 1.82) is 5.41 Å². The first-order chi connectivity index (χ1) is 16.2. The summed E-state index contributed by atoms with van der Waals surface area (Å²) in [5, 5.41) is 15.6. The summed E-state index contributed by atoms with van der Waals surface area (Å²) in [5.41, 5.74) is 11.3. The topological polar surface area (TPSA) is 179 Å². The molecule has 14 heteroatoms.